The van der Waals surface area contributed by atoms with Crippen molar-refractivity contribution in [2.24, 2.45) is 10.9 Å². The van der Waals surface area contributed by atoms with E-state index in [2.05, 4.69) is 4.99 Å². The lowest BCUT2D eigenvalue weighted by atomic mass is 9.75. The van der Waals surface area contributed by atoms with E-state index in [1.165, 1.54) is 31.2 Å². The first-order chi connectivity index (χ1) is 14.9. The number of carbonyl (C=O) groups excluding carboxylic acids is 2. The zero-order valence-corrected chi connectivity index (χ0v) is 17.9. The molecule has 1 aromatic rings. The van der Waals surface area contributed by atoms with E-state index < -0.39 is 52.6 Å². The second kappa shape index (κ2) is 10.1. The van der Waals surface area contributed by atoms with Gasteiger partial charge in [0.15, 0.2) is 6.61 Å². The molecule has 1 N–H and O–H groups in total. The van der Waals surface area contributed by atoms with Crippen molar-refractivity contribution in [3.05, 3.63) is 61.3 Å². The third-order valence-electron chi connectivity index (χ3n) is 4.70. The first-order valence-corrected chi connectivity index (χ1v) is 9.63. The first kappa shape index (κ1) is 24.6. The Bertz CT molecular complexity index is 1000. The third-order valence-corrected chi connectivity index (χ3v) is 4.70. The lowest BCUT2D eigenvalue weighted by Crippen LogP contribution is -2.38. The van der Waals surface area contributed by atoms with Crippen LogP contribution >= 0.6 is 0 Å². The summed E-state index contributed by atoms with van der Waals surface area (Å²) in [6.07, 6.45) is -2.61. The van der Waals surface area contributed by atoms with Gasteiger partial charge < -0.3 is 14.6 Å². The van der Waals surface area contributed by atoms with E-state index in [1.807, 2.05) is 0 Å². The highest BCUT2D eigenvalue weighted by molar-refractivity contribution is 6.07. The first-order valence-electron chi connectivity index (χ1n) is 9.63. The SMILES string of the molecule is CC1=NC(C)=C(C(=O)OCC(O)[N+](=O)[O-])C(c2cccc([N+](=O)[O-])c2)C1C(=O)OC(C)C. The molecular weight excluding hydrogens is 426 g/mol. The monoisotopic (exact) mass is 449 g/mol. The number of carbonyl (C=O) groups is 2. The molecule has 0 aliphatic carbocycles. The summed E-state index contributed by atoms with van der Waals surface area (Å²) in [6, 6.07) is 5.41. The predicted molar refractivity (Wildman–Crippen MR) is 110 cm³/mol. The van der Waals surface area contributed by atoms with Crippen LogP contribution in [-0.2, 0) is 19.1 Å². The number of rotatable bonds is 8. The quantitative estimate of drug-likeness (QED) is 0.270. The van der Waals surface area contributed by atoms with Gasteiger partial charge in [0.25, 0.3) is 5.69 Å². The van der Waals surface area contributed by atoms with Gasteiger partial charge in [0, 0.05) is 29.5 Å². The van der Waals surface area contributed by atoms with Gasteiger partial charge in [-0.15, -0.1) is 0 Å². The molecule has 1 aliphatic heterocycles. The number of aliphatic hydroxyl groups is 1. The average Bonchev–Trinajstić information content (AvgIpc) is 2.70. The molecule has 0 radical (unpaired) electrons. The molecule has 1 aromatic carbocycles. The number of benzene rings is 1. The molecule has 3 atom stereocenters. The average molecular weight is 449 g/mol. The number of ether oxygens (including phenoxy) is 2. The van der Waals surface area contributed by atoms with Crippen molar-refractivity contribution >= 4 is 23.3 Å². The maximum absolute atomic E-state index is 12.9. The molecule has 0 fully saturated rings. The van der Waals surface area contributed by atoms with Crippen LogP contribution in [0, 0.1) is 26.1 Å². The van der Waals surface area contributed by atoms with Gasteiger partial charge in [0.2, 0.25) is 0 Å². The number of hydrogen-bond donors (Lipinski definition) is 1. The number of aliphatic imine (C=N–C) groups is 1. The summed E-state index contributed by atoms with van der Waals surface area (Å²) < 4.78 is 10.2. The van der Waals surface area contributed by atoms with Crippen LogP contribution in [0.4, 0.5) is 5.69 Å². The van der Waals surface area contributed by atoms with Gasteiger partial charge in [0.1, 0.15) is 5.92 Å². The molecule has 172 valence electrons. The Morgan fingerprint density at radius 3 is 2.44 bits per heavy atom. The number of nitro benzene ring substituents is 1. The summed E-state index contributed by atoms with van der Waals surface area (Å²) in [6.45, 7) is 5.42. The molecule has 0 bridgehead atoms. The molecule has 0 aromatic heterocycles. The van der Waals surface area contributed by atoms with Gasteiger partial charge >= 0.3 is 18.2 Å². The molecule has 2 rings (SSSR count). The van der Waals surface area contributed by atoms with E-state index >= 15 is 0 Å². The number of non-ortho nitro benzene ring substituents is 1. The fourth-order valence-corrected chi connectivity index (χ4v) is 3.39. The minimum absolute atomic E-state index is 0.114. The van der Waals surface area contributed by atoms with Crippen molar-refractivity contribution in [1.82, 2.24) is 0 Å². The Kier molecular flexibility index (Phi) is 7.76. The smallest absolute Gasteiger partial charge is 0.347 e. The van der Waals surface area contributed by atoms with Gasteiger partial charge in [-0.3, -0.25) is 30.0 Å². The summed E-state index contributed by atoms with van der Waals surface area (Å²) in [5.74, 6) is -3.88. The summed E-state index contributed by atoms with van der Waals surface area (Å²) >= 11 is 0. The molecular formula is C20H23N3O9. The fourth-order valence-electron chi connectivity index (χ4n) is 3.39. The van der Waals surface area contributed by atoms with Crippen LogP contribution in [-0.4, -0.2) is 51.5 Å². The van der Waals surface area contributed by atoms with E-state index in [4.69, 9.17) is 9.47 Å². The Morgan fingerprint density at radius 2 is 1.88 bits per heavy atom. The Hall–Kier alpha value is -3.67. The number of esters is 2. The Morgan fingerprint density at radius 1 is 1.22 bits per heavy atom. The highest BCUT2D eigenvalue weighted by Crippen LogP contribution is 2.41. The molecule has 0 amide bonds. The van der Waals surface area contributed by atoms with E-state index in [0.717, 1.165) is 0 Å². The lowest BCUT2D eigenvalue weighted by Gasteiger charge is -2.32. The van der Waals surface area contributed by atoms with Gasteiger partial charge in [-0.2, -0.15) is 0 Å². The molecule has 12 heteroatoms. The zero-order valence-electron chi connectivity index (χ0n) is 17.9. The van der Waals surface area contributed by atoms with Gasteiger partial charge in [-0.25, -0.2) is 4.79 Å². The van der Waals surface area contributed by atoms with Crippen molar-refractivity contribution in [1.29, 1.82) is 0 Å². The van der Waals surface area contributed by atoms with Crippen molar-refractivity contribution in [3.63, 3.8) is 0 Å². The lowest BCUT2D eigenvalue weighted by molar-refractivity contribution is -0.572. The zero-order chi connectivity index (χ0) is 24.2. The summed E-state index contributed by atoms with van der Waals surface area (Å²) in [4.78, 5) is 50.3. The highest BCUT2D eigenvalue weighted by Gasteiger charge is 2.43. The molecule has 0 saturated heterocycles. The number of nitro groups is 2. The van der Waals surface area contributed by atoms with Crippen molar-refractivity contribution in [2.45, 2.75) is 45.9 Å². The second-order valence-corrected chi connectivity index (χ2v) is 7.41. The minimum atomic E-state index is -2.13. The van der Waals surface area contributed by atoms with E-state index in [1.54, 1.807) is 20.8 Å². The molecule has 12 nitrogen and oxygen atoms in total. The summed E-state index contributed by atoms with van der Waals surface area (Å²) in [7, 11) is 0. The highest BCUT2D eigenvalue weighted by atomic mass is 16.7. The molecule has 32 heavy (non-hydrogen) atoms. The van der Waals surface area contributed by atoms with Crippen LogP contribution in [0.1, 0.15) is 39.2 Å². The van der Waals surface area contributed by atoms with Crippen LogP contribution < -0.4 is 0 Å². The molecule has 0 saturated carbocycles. The predicted octanol–water partition coefficient (Wildman–Crippen LogP) is 2.13. The van der Waals surface area contributed by atoms with Crippen molar-refractivity contribution in [3.8, 4) is 0 Å². The molecule has 1 aliphatic rings. The number of hydrogen-bond acceptors (Lipinski definition) is 10. The van der Waals surface area contributed by atoms with Crippen LogP contribution in [0.25, 0.3) is 0 Å². The molecule has 3 unspecified atom stereocenters. The van der Waals surface area contributed by atoms with E-state index in [-0.39, 0.29) is 22.5 Å². The maximum atomic E-state index is 12.9. The van der Waals surface area contributed by atoms with Crippen molar-refractivity contribution in [2.75, 3.05) is 6.61 Å². The Balaban J connectivity index is 2.58. The number of aliphatic hydroxyl groups excluding tert-OH is 1. The van der Waals surface area contributed by atoms with Crippen LogP contribution in [0.5, 0.6) is 0 Å². The fraction of sp³-hybridized carbons (Fsp3) is 0.450. The van der Waals surface area contributed by atoms with Gasteiger partial charge in [0.05, 0.1) is 21.5 Å². The van der Waals surface area contributed by atoms with Gasteiger partial charge in [-0.05, 0) is 33.3 Å². The summed E-state index contributed by atoms with van der Waals surface area (Å²) in [5.41, 5.74) is 0.394. The van der Waals surface area contributed by atoms with E-state index in [0.29, 0.717) is 5.71 Å². The number of nitrogens with zero attached hydrogens (tertiary/aromatic N) is 3. The van der Waals surface area contributed by atoms with E-state index in [9.17, 15) is 34.9 Å². The normalized spacial score (nSPS) is 19.2. The second-order valence-electron chi connectivity index (χ2n) is 7.41. The van der Waals surface area contributed by atoms with Crippen molar-refractivity contribution < 1.29 is 34.0 Å². The molecule has 1 heterocycles. The minimum Gasteiger partial charge on any atom is -0.462 e. The largest absolute Gasteiger partial charge is 0.462 e. The van der Waals surface area contributed by atoms with Crippen LogP contribution in [0.3, 0.4) is 0 Å². The Labute approximate surface area is 182 Å². The summed E-state index contributed by atoms with van der Waals surface area (Å²) in [5, 5.41) is 31.2. The number of allylic oxidation sites excluding steroid dienone is 1. The van der Waals surface area contributed by atoms with Gasteiger partial charge in [-0.1, -0.05) is 12.1 Å². The standard InChI is InChI=1S/C20H23N3O9/c1-10(2)32-20(26)17-12(4)21-11(3)16(19(25)31-9-15(24)23(29)30)18(17)13-6-5-7-14(8-13)22(27)28/h5-8,10,15,17-18,24H,9H2,1-4H3. The molecule has 0 spiro atoms. The maximum Gasteiger partial charge on any atom is 0.347 e. The van der Waals surface area contributed by atoms with Crippen LogP contribution in [0.15, 0.2) is 40.5 Å². The third kappa shape index (κ3) is 5.52. The topological polar surface area (TPSA) is 171 Å². The van der Waals surface area contributed by atoms with Crippen LogP contribution in [0.2, 0.25) is 0 Å².